The van der Waals surface area contributed by atoms with Gasteiger partial charge in [-0.25, -0.2) is 0 Å². The molecule has 0 aliphatic carbocycles. The van der Waals surface area contributed by atoms with Crippen LogP contribution in [0, 0.1) is 18.3 Å². The Morgan fingerprint density at radius 3 is 2.44 bits per heavy atom. The first-order valence-corrected chi connectivity index (χ1v) is 5.67. The van der Waals surface area contributed by atoms with Crippen molar-refractivity contribution in [2.45, 2.75) is 39.7 Å². The maximum Gasteiger partial charge on any atom is 0.0994 e. The molecule has 0 aromatic heterocycles. The minimum atomic E-state index is 0.139. The second kappa shape index (κ2) is 4.57. The van der Waals surface area contributed by atoms with Gasteiger partial charge < -0.3 is 4.90 Å². The van der Waals surface area contributed by atoms with E-state index < -0.39 is 0 Å². The highest BCUT2D eigenvalue weighted by Gasteiger charge is 2.21. The second-order valence-corrected chi connectivity index (χ2v) is 4.84. The smallest absolute Gasteiger partial charge is 0.0994 e. The van der Waals surface area contributed by atoms with E-state index in [-0.39, 0.29) is 5.54 Å². The van der Waals surface area contributed by atoms with E-state index in [0.717, 1.165) is 17.5 Å². The molecule has 0 radical (unpaired) electrons. The van der Waals surface area contributed by atoms with E-state index in [1.807, 2.05) is 19.1 Å². The van der Waals surface area contributed by atoms with Crippen LogP contribution in [0.15, 0.2) is 18.2 Å². The number of anilines is 1. The van der Waals surface area contributed by atoms with Crippen LogP contribution in [0.4, 0.5) is 5.69 Å². The van der Waals surface area contributed by atoms with Gasteiger partial charge in [0.25, 0.3) is 0 Å². The van der Waals surface area contributed by atoms with Crippen molar-refractivity contribution in [1.82, 2.24) is 0 Å². The first-order chi connectivity index (χ1) is 7.42. The average Bonchev–Trinajstić information content (AvgIpc) is 2.27. The van der Waals surface area contributed by atoms with Gasteiger partial charge in [-0.15, -0.1) is 0 Å². The van der Waals surface area contributed by atoms with Crippen LogP contribution >= 0.6 is 0 Å². The largest absolute Gasteiger partial charge is 0.369 e. The zero-order valence-electron chi connectivity index (χ0n) is 10.8. The van der Waals surface area contributed by atoms with Gasteiger partial charge in [0.1, 0.15) is 0 Å². The van der Waals surface area contributed by atoms with Crippen LogP contribution in [0.5, 0.6) is 0 Å². The average molecular weight is 216 g/mol. The maximum absolute atomic E-state index is 8.89. The van der Waals surface area contributed by atoms with Gasteiger partial charge >= 0.3 is 0 Å². The molecule has 0 saturated carbocycles. The molecule has 16 heavy (non-hydrogen) atoms. The summed E-state index contributed by atoms with van der Waals surface area (Å²) in [5, 5.41) is 8.89. The molecule has 0 fully saturated rings. The molecule has 0 unspecified atom stereocenters. The predicted molar refractivity (Wildman–Crippen MR) is 68.7 cm³/mol. The fraction of sp³-hybridized carbons (Fsp3) is 0.500. The standard InChI is InChI=1S/C14H20N2/c1-6-14(3,4)16(5)13-8-7-12(10-15)11(2)9-13/h7-9H,6H2,1-5H3. The molecule has 0 saturated heterocycles. The summed E-state index contributed by atoms with van der Waals surface area (Å²) in [5.74, 6) is 0. The van der Waals surface area contributed by atoms with Gasteiger partial charge in [-0.05, 0) is 51.0 Å². The lowest BCUT2D eigenvalue weighted by Crippen LogP contribution is -2.40. The summed E-state index contributed by atoms with van der Waals surface area (Å²) >= 11 is 0. The van der Waals surface area contributed by atoms with E-state index in [1.165, 1.54) is 5.69 Å². The molecule has 0 aliphatic heterocycles. The van der Waals surface area contributed by atoms with Crippen molar-refractivity contribution in [1.29, 1.82) is 5.26 Å². The van der Waals surface area contributed by atoms with Crippen molar-refractivity contribution in [2.24, 2.45) is 0 Å². The fourth-order valence-corrected chi connectivity index (χ4v) is 1.57. The summed E-state index contributed by atoms with van der Waals surface area (Å²) in [6, 6.07) is 8.19. The molecule has 0 heterocycles. The highest BCUT2D eigenvalue weighted by atomic mass is 15.2. The predicted octanol–water partition coefficient (Wildman–Crippen LogP) is 3.49. The Hall–Kier alpha value is -1.49. The van der Waals surface area contributed by atoms with Crippen molar-refractivity contribution in [3.63, 3.8) is 0 Å². The van der Waals surface area contributed by atoms with Crippen LogP contribution in [0.25, 0.3) is 0 Å². The van der Waals surface area contributed by atoms with Gasteiger partial charge in [0.2, 0.25) is 0 Å². The number of hydrogen-bond donors (Lipinski definition) is 0. The highest BCUT2D eigenvalue weighted by Crippen LogP contribution is 2.26. The number of nitrogens with zero attached hydrogens (tertiary/aromatic N) is 2. The molecular weight excluding hydrogens is 196 g/mol. The number of nitriles is 1. The summed E-state index contributed by atoms with van der Waals surface area (Å²) in [6.45, 7) is 8.61. The minimum absolute atomic E-state index is 0.139. The Labute approximate surface area is 98.5 Å². The van der Waals surface area contributed by atoms with Crippen molar-refractivity contribution in [2.75, 3.05) is 11.9 Å². The number of aryl methyl sites for hydroxylation is 1. The Balaban J connectivity index is 3.08. The van der Waals surface area contributed by atoms with Gasteiger partial charge in [-0.2, -0.15) is 5.26 Å². The van der Waals surface area contributed by atoms with E-state index in [2.05, 4.69) is 44.9 Å². The number of benzene rings is 1. The van der Waals surface area contributed by atoms with Gasteiger partial charge in [0.15, 0.2) is 0 Å². The lowest BCUT2D eigenvalue weighted by atomic mass is 9.98. The molecule has 1 aromatic rings. The van der Waals surface area contributed by atoms with E-state index in [9.17, 15) is 0 Å². The van der Waals surface area contributed by atoms with Gasteiger partial charge in [-0.1, -0.05) is 6.92 Å². The molecule has 86 valence electrons. The summed E-state index contributed by atoms with van der Waals surface area (Å²) in [7, 11) is 2.10. The van der Waals surface area contributed by atoms with E-state index in [4.69, 9.17) is 5.26 Å². The van der Waals surface area contributed by atoms with Crippen LogP contribution < -0.4 is 4.90 Å². The zero-order chi connectivity index (χ0) is 12.3. The molecule has 1 rings (SSSR count). The molecule has 2 heteroatoms. The Kier molecular flexibility index (Phi) is 3.59. The molecule has 0 amide bonds. The Morgan fingerprint density at radius 2 is 2.00 bits per heavy atom. The van der Waals surface area contributed by atoms with Crippen molar-refractivity contribution < 1.29 is 0 Å². The van der Waals surface area contributed by atoms with Crippen LogP contribution in [-0.4, -0.2) is 12.6 Å². The quantitative estimate of drug-likeness (QED) is 0.773. The normalized spacial score (nSPS) is 11.0. The molecule has 0 spiro atoms. The van der Waals surface area contributed by atoms with Crippen molar-refractivity contribution >= 4 is 5.69 Å². The SMILES string of the molecule is CCC(C)(C)N(C)c1ccc(C#N)c(C)c1. The third kappa shape index (κ3) is 2.36. The topological polar surface area (TPSA) is 27.0 Å². The first kappa shape index (κ1) is 12.6. The third-order valence-corrected chi connectivity index (χ3v) is 3.49. The van der Waals surface area contributed by atoms with Crippen LogP contribution in [-0.2, 0) is 0 Å². The first-order valence-electron chi connectivity index (χ1n) is 5.67. The molecule has 2 nitrogen and oxygen atoms in total. The van der Waals surface area contributed by atoms with Gasteiger partial charge in [0.05, 0.1) is 11.6 Å². The van der Waals surface area contributed by atoms with E-state index in [0.29, 0.717) is 0 Å². The highest BCUT2D eigenvalue weighted by molar-refractivity contribution is 5.54. The molecule has 0 N–H and O–H groups in total. The molecule has 0 atom stereocenters. The Bertz CT molecular complexity index is 413. The van der Waals surface area contributed by atoms with E-state index >= 15 is 0 Å². The molecular formula is C14H20N2. The lowest BCUT2D eigenvalue weighted by Gasteiger charge is -2.37. The van der Waals surface area contributed by atoms with Gasteiger partial charge in [-0.3, -0.25) is 0 Å². The summed E-state index contributed by atoms with van der Waals surface area (Å²) in [6.07, 6.45) is 1.09. The number of rotatable bonds is 3. The van der Waals surface area contributed by atoms with Crippen molar-refractivity contribution in [3.05, 3.63) is 29.3 Å². The minimum Gasteiger partial charge on any atom is -0.369 e. The monoisotopic (exact) mass is 216 g/mol. The molecule has 1 aromatic carbocycles. The lowest BCUT2D eigenvalue weighted by molar-refractivity contribution is 0.471. The third-order valence-electron chi connectivity index (χ3n) is 3.49. The number of hydrogen-bond acceptors (Lipinski definition) is 2. The summed E-state index contributed by atoms with van der Waals surface area (Å²) < 4.78 is 0. The van der Waals surface area contributed by atoms with E-state index in [1.54, 1.807) is 0 Å². The zero-order valence-corrected chi connectivity index (χ0v) is 10.8. The second-order valence-electron chi connectivity index (χ2n) is 4.84. The molecule has 0 bridgehead atoms. The molecule has 0 aliphatic rings. The summed E-state index contributed by atoms with van der Waals surface area (Å²) in [5.41, 5.74) is 3.11. The Morgan fingerprint density at radius 1 is 1.38 bits per heavy atom. The van der Waals surface area contributed by atoms with Gasteiger partial charge in [0, 0.05) is 18.3 Å². The van der Waals surface area contributed by atoms with Crippen molar-refractivity contribution in [3.8, 4) is 6.07 Å². The fourth-order valence-electron chi connectivity index (χ4n) is 1.57. The maximum atomic E-state index is 8.89. The van der Waals surface area contributed by atoms with Crippen LogP contribution in [0.3, 0.4) is 0 Å². The summed E-state index contributed by atoms with van der Waals surface area (Å²) in [4.78, 5) is 2.27. The van der Waals surface area contributed by atoms with Crippen LogP contribution in [0.2, 0.25) is 0 Å². The van der Waals surface area contributed by atoms with Crippen LogP contribution in [0.1, 0.15) is 38.3 Å².